The molecule has 2 aromatic heterocycles. The van der Waals surface area contributed by atoms with Crippen molar-refractivity contribution in [1.82, 2.24) is 19.7 Å². The van der Waals surface area contributed by atoms with Crippen LogP contribution in [-0.4, -0.2) is 30.9 Å². The van der Waals surface area contributed by atoms with E-state index in [4.69, 9.17) is 11.6 Å². The molecule has 0 aliphatic rings. The van der Waals surface area contributed by atoms with Crippen LogP contribution in [0, 0.1) is 6.92 Å². The second kappa shape index (κ2) is 9.32. The standard InChI is InChI=1S/C23H20ClN5OS/c1-15-6-8-20(9-7-15)29-21(17-10-12-25-13-11-17)27-28-23(29)31-16(2)22(30)26-19-5-3-4-18(24)14-19/h3-14,16H,1-2H3,(H,26,30)/t16-/m1/s1. The van der Waals surface area contributed by atoms with Gasteiger partial charge in [0.2, 0.25) is 5.91 Å². The second-order valence-electron chi connectivity index (χ2n) is 6.97. The molecule has 0 aliphatic heterocycles. The van der Waals surface area contributed by atoms with Crippen molar-refractivity contribution < 1.29 is 4.79 Å². The molecule has 1 N–H and O–H groups in total. The Hall–Kier alpha value is -3.16. The van der Waals surface area contributed by atoms with Crippen LogP contribution >= 0.6 is 23.4 Å². The van der Waals surface area contributed by atoms with E-state index in [1.165, 1.54) is 11.8 Å². The molecule has 1 atom stereocenters. The molecule has 0 saturated heterocycles. The first kappa shape index (κ1) is 21.1. The van der Waals surface area contributed by atoms with E-state index in [-0.39, 0.29) is 5.91 Å². The van der Waals surface area contributed by atoms with Gasteiger partial charge in [-0.3, -0.25) is 14.3 Å². The minimum atomic E-state index is -0.405. The van der Waals surface area contributed by atoms with Gasteiger partial charge in [0.25, 0.3) is 0 Å². The molecule has 0 radical (unpaired) electrons. The van der Waals surface area contributed by atoms with Gasteiger partial charge in [-0.1, -0.05) is 47.1 Å². The smallest absolute Gasteiger partial charge is 0.237 e. The SMILES string of the molecule is Cc1ccc(-n2c(S[C@H](C)C(=O)Nc3cccc(Cl)c3)nnc2-c2ccncc2)cc1. The van der Waals surface area contributed by atoms with Crippen LogP contribution in [-0.2, 0) is 4.79 Å². The van der Waals surface area contributed by atoms with Crippen LogP contribution in [0.2, 0.25) is 5.02 Å². The number of amides is 1. The van der Waals surface area contributed by atoms with Gasteiger partial charge < -0.3 is 5.32 Å². The molecule has 1 amide bonds. The van der Waals surface area contributed by atoms with Gasteiger partial charge in [0.1, 0.15) is 0 Å². The third-order valence-corrected chi connectivity index (χ3v) is 5.89. The number of aryl methyl sites for hydroxylation is 1. The van der Waals surface area contributed by atoms with Crippen molar-refractivity contribution in [2.45, 2.75) is 24.3 Å². The van der Waals surface area contributed by atoms with E-state index in [1.54, 1.807) is 36.7 Å². The zero-order valence-electron chi connectivity index (χ0n) is 17.0. The van der Waals surface area contributed by atoms with E-state index in [0.717, 1.165) is 16.8 Å². The summed E-state index contributed by atoms with van der Waals surface area (Å²) in [5.74, 6) is 0.549. The van der Waals surface area contributed by atoms with E-state index < -0.39 is 5.25 Å². The lowest BCUT2D eigenvalue weighted by molar-refractivity contribution is -0.115. The maximum absolute atomic E-state index is 12.8. The summed E-state index contributed by atoms with van der Waals surface area (Å²) in [5.41, 5.74) is 3.63. The third-order valence-electron chi connectivity index (χ3n) is 4.61. The Kier molecular flexibility index (Phi) is 6.34. The summed E-state index contributed by atoms with van der Waals surface area (Å²) < 4.78 is 1.96. The lowest BCUT2D eigenvalue weighted by Crippen LogP contribution is -2.22. The highest BCUT2D eigenvalue weighted by Gasteiger charge is 2.22. The third kappa shape index (κ3) is 4.95. The summed E-state index contributed by atoms with van der Waals surface area (Å²) in [7, 11) is 0. The molecule has 6 nitrogen and oxygen atoms in total. The van der Waals surface area contributed by atoms with Crippen LogP contribution in [0.1, 0.15) is 12.5 Å². The normalized spacial score (nSPS) is 11.8. The number of halogens is 1. The first-order valence-electron chi connectivity index (χ1n) is 9.67. The van der Waals surface area contributed by atoms with E-state index in [0.29, 0.717) is 21.7 Å². The fourth-order valence-corrected chi connectivity index (χ4v) is 4.04. The predicted octanol–water partition coefficient (Wildman–Crippen LogP) is 5.41. The molecular formula is C23H20ClN5OS. The highest BCUT2D eigenvalue weighted by molar-refractivity contribution is 8.00. The van der Waals surface area contributed by atoms with Crippen molar-refractivity contribution in [2.24, 2.45) is 0 Å². The minimum Gasteiger partial charge on any atom is -0.325 e. The molecule has 2 heterocycles. The zero-order valence-corrected chi connectivity index (χ0v) is 18.6. The topological polar surface area (TPSA) is 72.7 Å². The molecule has 4 rings (SSSR count). The summed E-state index contributed by atoms with van der Waals surface area (Å²) >= 11 is 7.36. The molecular weight excluding hydrogens is 430 g/mol. The first-order chi connectivity index (χ1) is 15.0. The Morgan fingerprint density at radius 2 is 1.81 bits per heavy atom. The van der Waals surface area contributed by atoms with E-state index in [1.807, 2.05) is 54.8 Å². The van der Waals surface area contributed by atoms with E-state index in [2.05, 4.69) is 20.5 Å². The van der Waals surface area contributed by atoms with Crippen molar-refractivity contribution in [1.29, 1.82) is 0 Å². The van der Waals surface area contributed by atoms with Crippen LogP contribution in [0.15, 0.2) is 78.2 Å². The molecule has 0 unspecified atom stereocenters. The number of pyridine rings is 1. The lowest BCUT2D eigenvalue weighted by atomic mass is 10.2. The first-order valence-corrected chi connectivity index (χ1v) is 10.9. The molecule has 0 spiro atoms. The lowest BCUT2D eigenvalue weighted by Gasteiger charge is -2.14. The monoisotopic (exact) mass is 449 g/mol. The van der Waals surface area contributed by atoms with Gasteiger partial charge >= 0.3 is 0 Å². The number of nitrogens with one attached hydrogen (secondary N) is 1. The number of hydrogen-bond acceptors (Lipinski definition) is 5. The number of benzene rings is 2. The highest BCUT2D eigenvalue weighted by Crippen LogP contribution is 2.30. The number of hydrogen-bond donors (Lipinski definition) is 1. The molecule has 0 bridgehead atoms. The van der Waals surface area contributed by atoms with Crippen molar-refractivity contribution in [2.75, 3.05) is 5.32 Å². The number of aromatic nitrogens is 4. The summed E-state index contributed by atoms with van der Waals surface area (Å²) in [4.78, 5) is 16.8. The highest BCUT2D eigenvalue weighted by atomic mass is 35.5. The number of anilines is 1. The molecule has 31 heavy (non-hydrogen) atoms. The van der Waals surface area contributed by atoms with Crippen LogP contribution < -0.4 is 5.32 Å². The Morgan fingerprint density at radius 1 is 1.06 bits per heavy atom. The van der Waals surface area contributed by atoms with Crippen molar-refractivity contribution >= 4 is 35.0 Å². The van der Waals surface area contributed by atoms with Gasteiger partial charge in [-0.05, 0) is 56.3 Å². The molecule has 156 valence electrons. The Balaban J connectivity index is 1.64. The van der Waals surface area contributed by atoms with Crippen LogP contribution in [0.5, 0.6) is 0 Å². The molecule has 8 heteroatoms. The van der Waals surface area contributed by atoms with Gasteiger partial charge in [-0.25, -0.2) is 0 Å². The fourth-order valence-electron chi connectivity index (χ4n) is 2.98. The number of rotatable bonds is 6. The van der Waals surface area contributed by atoms with Crippen LogP contribution in [0.4, 0.5) is 5.69 Å². The fraction of sp³-hybridized carbons (Fsp3) is 0.130. The van der Waals surface area contributed by atoms with Gasteiger partial charge in [-0.15, -0.1) is 10.2 Å². The van der Waals surface area contributed by atoms with Crippen LogP contribution in [0.3, 0.4) is 0 Å². The number of thioether (sulfide) groups is 1. The predicted molar refractivity (Wildman–Crippen MR) is 125 cm³/mol. The average Bonchev–Trinajstić information content (AvgIpc) is 3.18. The van der Waals surface area contributed by atoms with Crippen molar-refractivity contribution in [3.05, 3.63) is 83.6 Å². The van der Waals surface area contributed by atoms with E-state index in [9.17, 15) is 4.79 Å². The maximum Gasteiger partial charge on any atom is 0.237 e. The Morgan fingerprint density at radius 3 is 2.52 bits per heavy atom. The number of carbonyl (C=O) groups excluding carboxylic acids is 1. The van der Waals surface area contributed by atoms with Gasteiger partial charge in [-0.2, -0.15) is 0 Å². The molecule has 4 aromatic rings. The van der Waals surface area contributed by atoms with Crippen LogP contribution in [0.25, 0.3) is 17.1 Å². The number of nitrogens with zero attached hydrogens (tertiary/aromatic N) is 4. The number of carbonyl (C=O) groups is 1. The van der Waals surface area contributed by atoms with Crippen molar-refractivity contribution in [3.63, 3.8) is 0 Å². The van der Waals surface area contributed by atoms with Gasteiger partial charge in [0.15, 0.2) is 11.0 Å². The maximum atomic E-state index is 12.8. The summed E-state index contributed by atoms with van der Waals surface area (Å²) in [5, 5.41) is 12.5. The second-order valence-corrected chi connectivity index (χ2v) is 8.72. The minimum absolute atomic E-state index is 0.142. The van der Waals surface area contributed by atoms with E-state index >= 15 is 0 Å². The summed E-state index contributed by atoms with van der Waals surface area (Å²) in [6, 6.07) is 19.0. The molecule has 0 aliphatic carbocycles. The quantitative estimate of drug-likeness (QED) is 0.398. The largest absolute Gasteiger partial charge is 0.325 e. The Labute approximate surface area is 189 Å². The molecule has 2 aromatic carbocycles. The van der Waals surface area contributed by atoms with Gasteiger partial charge in [0, 0.05) is 34.4 Å². The summed E-state index contributed by atoms with van der Waals surface area (Å²) in [6.45, 7) is 3.88. The zero-order chi connectivity index (χ0) is 21.8. The summed E-state index contributed by atoms with van der Waals surface area (Å²) in [6.07, 6.45) is 3.44. The average molecular weight is 450 g/mol. The molecule has 0 saturated carbocycles. The van der Waals surface area contributed by atoms with Crippen molar-refractivity contribution in [3.8, 4) is 17.1 Å². The Bertz CT molecular complexity index is 1190. The molecule has 0 fully saturated rings. The van der Waals surface area contributed by atoms with Gasteiger partial charge in [0.05, 0.1) is 5.25 Å².